The topological polar surface area (TPSA) is 15.7 Å². The molecule has 0 unspecified atom stereocenters. The average Bonchev–Trinajstić information content (AvgIpc) is 2.92. The molecule has 0 saturated carbocycles. The minimum Gasteiger partial charge on any atom is -0.367 e. The largest absolute Gasteiger partial charge is 0.367 e. The minimum absolute atomic E-state index is 0.0107. The Labute approximate surface area is 158 Å². The standard InChI is InChI=1S/C23H32N2O/c1-20(2)25-15-9-14-24(16-17-25)18-19-26-23(21-10-5-3-6-11-21)22-12-7-4-8-13-22/h3-8,10-13,20,23H,9,14-19H2,1-2H3. The second-order valence-electron chi connectivity index (χ2n) is 7.40. The summed E-state index contributed by atoms with van der Waals surface area (Å²) in [6.07, 6.45) is 1.26. The molecule has 0 aliphatic carbocycles. The van der Waals surface area contributed by atoms with Crippen LogP contribution in [-0.4, -0.2) is 55.2 Å². The Morgan fingerprint density at radius 3 is 2.00 bits per heavy atom. The Morgan fingerprint density at radius 2 is 1.42 bits per heavy atom. The second-order valence-corrected chi connectivity index (χ2v) is 7.40. The molecule has 2 aromatic rings. The van der Waals surface area contributed by atoms with Gasteiger partial charge in [0.15, 0.2) is 0 Å². The van der Waals surface area contributed by atoms with Gasteiger partial charge in [-0.25, -0.2) is 0 Å². The lowest BCUT2D eigenvalue weighted by atomic mass is 10.0. The van der Waals surface area contributed by atoms with E-state index in [1.807, 2.05) is 0 Å². The summed E-state index contributed by atoms with van der Waals surface area (Å²) >= 11 is 0. The number of benzene rings is 2. The summed E-state index contributed by atoms with van der Waals surface area (Å²) in [5.74, 6) is 0. The van der Waals surface area contributed by atoms with E-state index in [1.165, 1.54) is 37.2 Å². The van der Waals surface area contributed by atoms with Crippen molar-refractivity contribution in [2.24, 2.45) is 0 Å². The first-order valence-electron chi connectivity index (χ1n) is 9.92. The predicted molar refractivity (Wildman–Crippen MR) is 108 cm³/mol. The van der Waals surface area contributed by atoms with Gasteiger partial charge in [0.1, 0.15) is 6.10 Å². The van der Waals surface area contributed by atoms with Crippen molar-refractivity contribution in [1.29, 1.82) is 0 Å². The lowest BCUT2D eigenvalue weighted by molar-refractivity contribution is 0.0603. The minimum atomic E-state index is 0.0107. The summed E-state index contributed by atoms with van der Waals surface area (Å²) in [4.78, 5) is 5.13. The van der Waals surface area contributed by atoms with Gasteiger partial charge in [-0.2, -0.15) is 0 Å². The molecule has 1 aliphatic heterocycles. The van der Waals surface area contributed by atoms with Crippen LogP contribution in [0, 0.1) is 0 Å². The van der Waals surface area contributed by atoms with Crippen molar-refractivity contribution in [2.75, 3.05) is 39.3 Å². The fourth-order valence-corrected chi connectivity index (χ4v) is 3.67. The first-order chi connectivity index (χ1) is 12.7. The molecule has 0 atom stereocenters. The van der Waals surface area contributed by atoms with Gasteiger partial charge in [-0.1, -0.05) is 60.7 Å². The monoisotopic (exact) mass is 352 g/mol. The molecule has 0 N–H and O–H groups in total. The van der Waals surface area contributed by atoms with E-state index in [-0.39, 0.29) is 6.10 Å². The summed E-state index contributed by atoms with van der Waals surface area (Å²) in [6.45, 7) is 11.0. The number of ether oxygens (including phenoxy) is 1. The molecule has 0 spiro atoms. The molecule has 0 aromatic heterocycles. The van der Waals surface area contributed by atoms with E-state index < -0.39 is 0 Å². The summed E-state index contributed by atoms with van der Waals surface area (Å²) in [7, 11) is 0. The molecule has 140 valence electrons. The van der Waals surface area contributed by atoms with Gasteiger partial charge in [0.2, 0.25) is 0 Å². The highest BCUT2D eigenvalue weighted by molar-refractivity contribution is 5.29. The molecule has 0 radical (unpaired) electrons. The molecule has 3 rings (SSSR count). The fraction of sp³-hybridized carbons (Fsp3) is 0.478. The van der Waals surface area contributed by atoms with E-state index in [1.54, 1.807) is 0 Å². The van der Waals surface area contributed by atoms with Crippen LogP contribution in [0.15, 0.2) is 60.7 Å². The average molecular weight is 353 g/mol. The molecule has 1 heterocycles. The summed E-state index contributed by atoms with van der Waals surface area (Å²) < 4.78 is 6.38. The van der Waals surface area contributed by atoms with Gasteiger partial charge in [-0.15, -0.1) is 0 Å². The molecule has 3 nitrogen and oxygen atoms in total. The van der Waals surface area contributed by atoms with Gasteiger partial charge in [-0.3, -0.25) is 9.80 Å². The normalized spacial score (nSPS) is 16.9. The maximum absolute atomic E-state index is 6.38. The van der Waals surface area contributed by atoms with Crippen molar-refractivity contribution >= 4 is 0 Å². The van der Waals surface area contributed by atoms with Crippen LogP contribution in [0.2, 0.25) is 0 Å². The third kappa shape index (κ3) is 5.41. The summed E-state index contributed by atoms with van der Waals surface area (Å²) in [5.41, 5.74) is 2.45. The fourth-order valence-electron chi connectivity index (χ4n) is 3.67. The molecule has 3 heteroatoms. The van der Waals surface area contributed by atoms with Gasteiger partial charge in [-0.05, 0) is 44.5 Å². The zero-order valence-corrected chi connectivity index (χ0v) is 16.2. The van der Waals surface area contributed by atoms with E-state index in [0.29, 0.717) is 6.04 Å². The Morgan fingerprint density at radius 1 is 0.808 bits per heavy atom. The molecule has 1 aliphatic rings. The van der Waals surface area contributed by atoms with Crippen LogP contribution in [-0.2, 0) is 4.74 Å². The van der Waals surface area contributed by atoms with E-state index in [9.17, 15) is 0 Å². The Balaban J connectivity index is 1.57. The van der Waals surface area contributed by atoms with Gasteiger partial charge < -0.3 is 4.74 Å². The molecular weight excluding hydrogens is 320 g/mol. The lowest BCUT2D eigenvalue weighted by Crippen LogP contribution is -2.36. The second kappa shape index (κ2) is 9.86. The smallest absolute Gasteiger partial charge is 0.108 e. The zero-order chi connectivity index (χ0) is 18.2. The molecule has 0 amide bonds. The van der Waals surface area contributed by atoms with E-state index in [2.05, 4.69) is 84.3 Å². The van der Waals surface area contributed by atoms with Gasteiger partial charge >= 0.3 is 0 Å². The molecule has 0 bridgehead atoms. The first kappa shape index (κ1) is 19.1. The summed E-state index contributed by atoms with van der Waals surface area (Å²) in [5, 5.41) is 0. The lowest BCUT2D eigenvalue weighted by Gasteiger charge is -2.25. The van der Waals surface area contributed by atoms with Gasteiger partial charge in [0.25, 0.3) is 0 Å². The highest BCUT2D eigenvalue weighted by Crippen LogP contribution is 2.25. The van der Waals surface area contributed by atoms with Gasteiger partial charge in [0, 0.05) is 25.7 Å². The summed E-state index contributed by atoms with van der Waals surface area (Å²) in [6, 6.07) is 21.7. The van der Waals surface area contributed by atoms with E-state index >= 15 is 0 Å². The van der Waals surface area contributed by atoms with Crippen LogP contribution < -0.4 is 0 Å². The van der Waals surface area contributed by atoms with Crippen LogP contribution >= 0.6 is 0 Å². The van der Waals surface area contributed by atoms with Crippen molar-refractivity contribution in [3.05, 3.63) is 71.8 Å². The number of hydrogen-bond donors (Lipinski definition) is 0. The number of rotatable bonds is 7. The van der Waals surface area contributed by atoms with Crippen molar-refractivity contribution in [3.63, 3.8) is 0 Å². The Kier molecular flexibility index (Phi) is 7.24. The molecule has 26 heavy (non-hydrogen) atoms. The van der Waals surface area contributed by atoms with Crippen LogP contribution in [0.5, 0.6) is 0 Å². The first-order valence-corrected chi connectivity index (χ1v) is 9.92. The highest BCUT2D eigenvalue weighted by atomic mass is 16.5. The van der Waals surface area contributed by atoms with Crippen LogP contribution in [0.25, 0.3) is 0 Å². The van der Waals surface area contributed by atoms with Crippen LogP contribution in [0.1, 0.15) is 37.5 Å². The number of nitrogens with zero attached hydrogens (tertiary/aromatic N) is 2. The van der Waals surface area contributed by atoms with Crippen molar-refractivity contribution in [3.8, 4) is 0 Å². The third-order valence-corrected chi connectivity index (χ3v) is 5.25. The van der Waals surface area contributed by atoms with Crippen molar-refractivity contribution in [2.45, 2.75) is 32.4 Å². The molecular formula is C23H32N2O. The maximum atomic E-state index is 6.38. The third-order valence-electron chi connectivity index (χ3n) is 5.25. The predicted octanol–water partition coefficient (Wildman–Crippen LogP) is 4.21. The van der Waals surface area contributed by atoms with Crippen molar-refractivity contribution < 1.29 is 4.74 Å². The molecule has 1 fully saturated rings. The Hall–Kier alpha value is -1.68. The SMILES string of the molecule is CC(C)N1CCCN(CCOC(c2ccccc2)c2ccccc2)CC1. The quantitative estimate of drug-likeness (QED) is 0.742. The van der Waals surface area contributed by atoms with Gasteiger partial charge in [0.05, 0.1) is 6.61 Å². The van der Waals surface area contributed by atoms with Crippen LogP contribution in [0.4, 0.5) is 0 Å². The zero-order valence-electron chi connectivity index (χ0n) is 16.2. The number of hydrogen-bond acceptors (Lipinski definition) is 3. The van der Waals surface area contributed by atoms with Crippen molar-refractivity contribution in [1.82, 2.24) is 9.80 Å². The Bertz CT molecular complexity index is 590. The van der Waals surface area contributed by atoms with Crippen LogP contribution in [0.3, 0.4) is 0 Å². The molecule has 2 aromatic carbocycles. The maximum Gasteiger partial charge on any atom is 0.108 e. The van der Waals surface area contributed by atoms with E-state index in [4.69, 9.17) is 4.74 Å². The van der Waals surface area contributed by atoms with E-state index in [0.717, 1.165) is 19.7 Å². The highest BCUT2D eigenvalue weighted by Gasteiger charge is 2.18. The molecule has 1 saturated heterocycles.